The number of rotatable bonds is 4. The van der Waals surface area contributed by atoms with Gasteiger partial charge in [0, 0.05) is 13.6 Å². The molecule has 7 heteroatoms. The monoisotopic (exact) mass is 381 g/mol. The number of aryl methyl sites for hydroxylation is 1. The SMILES string of the molecule is CCCn1c2c(c(=O)n(C)c1=O)[C@@H](c1ccc(CC)cc1)C1=C(COC1=O)N2. The number of anilines is 1. The van der Waals surface area contributed by atoms with Gasteiger partial charge in [0.1, 0.15) is 12.4 Å². The van der Waals surface area contributed by atoms with Crippen LogP contribution in [-0.4, -0.2) is 21.7 Å². The maximum absolute atomic E-state index is 13.1. The number of carbonyl (C=O) groups excluding carboxylic acids is 1. The lowest BCUT2D eigenvalue weighted by Crippen LogP contribution is -2.44. The van der Waals surface area contributed by atoms with E-state index in [1.165, 1.54) is 12.6 Å². The Morgan fingerprint density at radius 2 is 1.86 bits per heavy atom. The van der Waals surface area contributed by atoms with Crippen molar-refractivity contribution in [2.24, 2.45) is 7.05 Å². The summed E-state index contributed by atoms with van der Waals surface area (Å²) >= 11 is 0. The topological polar surface area (TPSA) is 82.3 Å². The number of esters is 1. The summed E-state index contributed by atoms with van der Waals surface area (Å²) in [7, 11) is 1.48. The van der Waals surface area contributed by atoms with Crippen molar-refractivity contribution in [2.75, 3.05) is 11.9 Å². The number of fused-ring (bicyclic) bond motifs is 1. The maximum Gasteiger partial charge on any atom is 0.337 e. The molecule has 2 aliphatic rings. The second-order valence-electron chi connectivity index (χ2n) is 7.18. The van der Waals surface area contributed by atoms with Crippen LogP contribution < -0.4 is 16.6 Å². The zero-order chi connectivity index (χ0) is 20.0. The molecule has 2 aliphatic heterocycles. The maximum atomic E-state index is 13.1. The van der Waals surface area contributed by atoms with Crippen LogP contribution >= 0.6 is 0 Å². The van der Waals surface area contributed by atoms with Crippen LogP contribution in [0.3, 0.4) is 0 Å². The van der Waals surface area contributed by atoms with Crippen LogP contribution in [0.15, 0.2) is 45.1 Å². The predicted octanol–water partition coefficient (Wildman–Crippen LogP) is 1.89. The first-order valence-electron chi connectivity index (χ1n) is 9.57. The molecule has 4 rings (SSSR count). The fraction of sp³-hybridized carbons (Fsp3) is 0.381. The standard InChI is InChI=1S/C21H23N3O4/c1-4-10-24-18-17(19(25)23(3)21(24)27)15(13-8-6-12(5-2)7-9-13)16-14(22-18)11-28-20(16)26/h6-9,15,22H,4-5,10-11H2,1-3H3/t15-/m0/s1. The highest BCUT2D eigenvalue weighted by molar-refractivity contribution is 5.96. The van der Waals surface area contributed by atoms with Gasteiger partial charge in [-0.1, -0.05) is 38.1 Å². The van der Waals surface area contributed by atoms with Crippen molar-refractivity contribution in [3.05, 3.63) is 73.1 Å². The average molecular weight is 381 g/mol. The van der Waals surface area contributed by atoms with E-state index >= 15 is 0 Å². The Labute approximate surface area is 162 Å². The summed E-state index contributed by atoms with van der Waals surface area (Å²) in [6.45, 7) is 4.64. The molecule has 0 spiro atoms. The minimum absolute atomic E-state index is 0.118. The van der Waals surface area contributed by atoms with Gasteiger partial charge < -0.3 is 10.1 Å². The molecule has 28 heavy (non-hydrogen) atoms. The first-order chi connectivity index (χ1) is 13.5. The van der Waals surface area contributed by atoms with Crippen molar-refractivity contribution in [3.8, 4) is 0 Å². The molecule has 0 saturated heterocycles. The number of cyclic esters (lactones) is 1. The van der Waals surface area contributed by atoms with Gasteiger partial charge in [0.25, 0.3) is 5.56 Å². The molecule has 1 aromatic heterocycles. The van der Waals surface area contributed by atoms with Crippen molar-refractivity contribution in [1.29, 1.82) is 0 Å². The van der Waals surface area contributed by atoms with E-state index < -0.39 is 17.4 Å². The van der Waals surface area contributed by atoms with E-state index in [-0.39, 0.29) is 12.3 Å². The van der Waals surface area contributed by atoms with E-state index in [2.05, 4.69) is 12.2 Å². The van der Waals surface area contributed by atoms with Crippen molar-refractivity contribution in [3.63, 3.8) is 0 Å². The van der Waals surface area contributed by atoms with Gasteiger partial charge in [-0.05, 0) is 24.0 Å². The van der Waals surface area contributed by atoms with E-state index in [1.54, 1.807) is 4.57 Å². The molecule has 0 bridgehead atoms. The van der Waals surface area contributed by atoms with Crippen LogP contribution in [0.1, 0.15) is 42.9 Å². The van der Waals surface area contributed by atoms with Crippen LogP contribution in [-0.2, 0) is 29.5 Å². The van der Waals surface area contributed by atoms with Gasteiger partial charge in [0.15, 0.2) is 0 Å². The minimum Gasteiger partial charge on any atom is -0.456 e. The van der Waals surface area contributed by atoms with Gasteiger partial charge in [-0.15, -0.1) is 0 Å². The summed E-state index contributed by atoms with van der Waals surface area (Å²) in [6, 6.07) is 7.90. The van der Waals surface area contributed by atoms with Gasteiger partial charge in [-0.3, -0.25) is 13.9 Å². The fourth-order valence-electron chi connectivity index (χ4n) is 4.00. The van der Waals surface area contributed by atoms with Crippen LogP contribution in [0.2, 0.25) is 0 Å². The highest BCUT2D eigenvalue weighted by atomic mass is 16.5. The third-order valence-electron chi connectivity index (χ3n) is 5.49. The number of benzene rings is 1. The molecule has 146 valence electrons. The van der Waals surface area contributed by atoms with E-state index in [9.17, 15) is 14.4 Å². The summed E-state index contributed by atoms with van der Waals surface area (Å²) in [4.78, 5) is 38.3. The van der Waals surface area contributed by atoms with Crippen molar-refractivity contribution >= 4 is 11.8 Å². The lowest BCUT2D eigenvalue weighted by Gasteiger charge is -2.29. The first-order valence-corrected chi connectivity index (χ1v) is 9.57. The van der Waals surface area contributed by atoms with Crippen LogP contribution in [0.5, 0.6) is 0 Å². The van der Waals surface area contributed by atoms with Crippen LogP contribution in [0.25, 0.3) is 0 Å². The zero-order valence-electron chi connectivity index (χ0n) is 16.2. The molecule has 1 N–H and O–H groups in total. The zero-order valence-corrected chi connectivity index (χ0v) is 16.2. The molecule has 3 heterocycles. The second kappa shape index (κ2) is 6.82. The summed E-state index contributed by atoms with van der Waals surface area (Å²) in [6.07, 6.45) is 1.64. The number of aromatic nitrogens is 2. The largest absolute Gasteiger partial charge is 0.456 e. The third-order valence-corrected chi connectivity index (χ3v) is 5.49. The van der Waals surface area contributed by atoms with E-state index in [0.717, 1.165) is 23.0 Å². The lowest BCUT2D eigenvalue weighted by molar-refractivity contribution is -0.136. The molecule has 2 aromatic rings. The van der Waals surface area contributed by atoms with Gasteiger partial charge in [0.2, 0.25) is 0 Å². The Bertz CT molecular complexity index is 1110. The smallest absolute Gasteiger partial charge is 0.337 e. The Hall–Kier alpha value is -3.09. The summed E-state index contributed by atoms with van der Waals surface area (Å²) in [5, 5.41) is 3.16. The molecule has 0 radical (unpaired) electrons. The van der Waals surface area contributed by atoms with E-state index in [0.29, 0.717) is 29.2 Å². The molecule has 1 atom stereocenters. The highest BCUT2D eigenvalue weighted by Crippen LogP contribution is 2.42. The van der Waals surface area contributed by atoms with Crippen molar-refractivity contribution in [2.45, 2.75) is 39.2 Å². The number of nitrogens with one attached hydrogen (secondary N) is 1. The van der Waals surface area contributed by atoms with E-state index in [4.69, 9.17) is 4.74 Å². The Morgan fingerprint density at radius 1 is 1.14 bits per heavy atom. The summed E-state index contributed by atoms with van der Waals surface area (Å²) in [5.74, 6) is -0.515. The molecule has 0 aliphatic carbocycles. The van der Waals surface area contributed by atoms with Crippen molar-refractivity contribution in [1.82, 2.24) is 9.13 Å². The quantitative estimate of drug-likeness (QED) is 0.818. The minimum atomic E-state index is -0.561. The summed E-state index contributed by atoms with van der Waals surface area (Å²) in [5.41, 5.74) is 2.74. The molecule has 0 fully saturated rings. The van der Waals surface area contributed by atoms with Crippen LogP contribution in [0.4, 0.5) is 5.82 Å². The predicted molar refractivity (Wildman–Crippen MR) is 106 cm³/mol. The van der Waals surface area contributed by atoms with Gasteiger partial charge in [0.05, 0.1) is 22.8 Å². The Kier molecular flexibility index (Phi) is 4.45. The number of nitrogens with zero attached hydrogens (tertiary/aromatic N) is 2. The Balaban J connectivity index is 2.03. The van der Waals surface area contributed by atoms with Crippen molar-refractivity contribution < 1.29 is 9.53 Å². The van der Waals surface area contributed by atoms with Gasteiger partial charge in [-0.25, -0.2) is 9.59 Å². The van der Waals surface area contributed by atoms with Gasteiger partial charge >= 0.3 is 11.7 Å². The lowest BCUT2D eigenvalue weighted by atomic mass is 9.82. The number of ether oxygens (including phenoxy) is 1. The third kappa shape index (κ3) is 2.61. The van der Waals surface area contributed by atoms with Crippen LogP contribution in [0, 0.1) is 0 Å². The molecular weight excluding hydrogens is 358 g/mol. The molecule has 0 amide bonds. The first kappa shape index (κ1) is 18.3. The normalized spacial score (nSPS) is 17.8. The highest BCUT2D eigenvalue weighted by Gasteiger charge is 2.41. The van der Waals surface area contributed by atoms with E-state index in [1.807, 2.05) is 31.2 Å². The Morgan fingerprint density at radius 3 is 2.50 bits per heavy atom. The second-order valence-corrected chi connectivity index (χ2v) is 7.18. The van der Waals surface area contributed by atoms with Gasteiger partial charge in [-0.2, -0.15) is 0 Å². The number of carbonyl (C=O) groups is 1. The molecule has 0 unspecified atom stereocenters. The number of hydrogen-bond acceptors (Lipinski definition) is 5. The molecule has 0 saturated carbocycles. The summed E-state index contributed by atoms with van der Waals surface area (Å²) < 4.78 is 7.96. The molecule has 7 nitrogen and oxygen atoms in total. The fourth-order valence-corrected chi connectivity index (χ4v) is 4.00. The average Bonchev–Trinajstić information content (AvgIpc) is 3.09. The number of hydrogen-bond donors (Lipinski definition) is 1. The molecular formula is C21H23N3O4. The molecule has 1 aromatic carbocycles.